The van der Waals surface area contributed by atoms with Gasteiger partial charge >= 0.3 is 0 Å². The topological polar surface area (TPSA) is 26.0 Å². The van der Waals surface area contributed by atoms with Crippen LogP contribution in [-0.2, 0) is 0 Å². The summed E-state index contributed by atoms with van der Waals surface area (Å²) in [5, 5.41) is 0. The molecule has 0 aromatic heterocycles. The highest BCUT2D eigenvalue weighted by atomic mass is 14.5. The van der Waals surface area contributed by atoms with Gasteiger partial charge < -0.3 is 5.73 Å². The van der Waals surface area contributed by atoms with Crippen molar-refractivity contribution in [3.05, 3.63) is 0 Å². The van der Waals surface area contributed by atoms with Crippen LogP contribution in [0, 0.1) is 5.92 Å². The van der Waals surface area contributed by atoms with E-state index in [0.717, 1.165) is 12.5 Å². The molecule has 68 valence electrons. The number of nitrogens with two attached hydrogens (primary N) is 1. The summed E-state index contributed by atoms with van der Waals surface area (Å²) in [4.78, 5) is 0. The molecule has 0 bridgehead atoms. The van der Waals surface area contributed by atoms with Crippen molar-refractivity contribution in [2.45, 2.75) is 52.4 Å². The number of unbranched alkanes of at least 4 members (excludes halogenated alkanes) is 3. The molecule has 0 rings (SSSR count). The van der Waals surface area contributed by atoms with E-state index < -0.39 is 0 Å². The largest absolute Gasteiger partial charge is 0.330 e. The van der Waals surface area contributed by atoms with E-state index in [-0.39, 0.29) is 0 Å². The van der Waals surface area contributed by atoms with E-state index in [1.54, 1.807) is 0 Å². The second-order valence-corrected chi connectivity index (χ2v) is 3.53. The highest BCUT2D eigenvalue weighted by Crippen LogP contribution is 2.12. The lowest BCUT2D eigenvalue weighted by Crippen LogP contribution is -2.05. The van der Waals surface area contributed by atoms with Crippen LogP contribution < -0.4 is 5.73 Å². The predicted molar refractivity (Wildman–Crippen MR) is 51.6 cm³/mol. The first kappa shape index (κ1) is 11.0. The van der Waals surface area contributed by atoms with Crippen LogP contribution in [0.5, 0.6) is 0 Å². The Morgan fingerprint density at radius 3 is 2.36 bits per heavy atom. The monoisotopic (exact) mass is 157 g/mol. The van der Waals surface area contributed by atoms with Crippen molar-refractivity contribution < 1.29 is 0 Å². The summed E-state index contributed by atoms with van der Waals surface area (Å²) < 4.78 is 0. The maximum absolute atomic E-state index is 5.46. The molecule has 0 amide bonds. The van der Waals surface area contributed by atoms with Crippen molar-refractivity contribution in [1.82, 2.24) is 0 Å². The fourth-order valence-electron chi connectivity index (χ4n) is 1.35. The summed E-state index contributed by atoms with van der Waals surface area (Å²) >= 11 is 0. The average molecular weight is 157 g/mol. The fraction of sp³-hybridized carbons (Fsp3) is 1.00. The van der Waals surface area contributed by atoms with Crippen LogP contribution in [-0.4, -0.2) is 6.54 Å². The van der Waals surface area contributed by atoms with Gasteiger partial charge in [0.25, 0.3) is 0 Å². The highest BCUT2D eigenvalue weighted by Gasteiger charge is 1.98. The molecular formula is C10H23N. The van der Waals surface area contributed by atoms with Gasteiger partial charge in [-0.25, -0.2) is 0 Å². The van der Waals surface area contributed by atoms with Crippen molar-refractivity contribution in [2.75, 3.05) is 6.54 Å². The maximum Gasteiger partial charge on any atom is -0.00747 e. The van der Waals surface area contributed by atoms with Crippen LogP contribution in [0.15, 0.2) is 0 Å². The molecule has 1 unspecified atom stereocenters. The van der Waals surface area contributed by atoms with E-state index in [9.17, 15) is 0 Å². The highest BCUT2D eigenvalue weighted by molar-refractivity contribution is 4.53. The average Bonchev–Trinajstić information content (AvgIpc) is 1.99. The molecule has 0 aliphatic carbocycles. The van der Waals surface area contributed by atoms with Gasteiger partial charge in [0.15, 0.2) is 0 Å². The Morgan fingerprint density at radius 1 is 1.09 bits per heavy atom. The quantitative estimate of drug-likeness (QED) is 0.565. The minimum absolute atomic E-state index is 0.844. The van der Waals surface area contributed by atoms with E-state index in [1.807, 2.05) is 0 Å². The molecule has 1 nitrogen and oxygen atoms in total. The van der Waals surface area contributed by atoms with Gasteiger partial charge in [0.05, 0.1) is 0 Å². The molecule has 11 heavy (non-hydrogen) atoms. The predicted octanol–water partition coefficient (Wildman–Crippen LogP) is 2.94. The van der Waals surface area contributed by atoms with Crippen molar-refractivity contribution >= 4 is 0 Å². The van der Waals surface area contributed by atoms with Crippen molar-refractivity contribution in [3.8, 4) is 0 Å². The summed E-state index contributed by atoms with van der Waals surface area (Å²) in [6.07, 6.45) is 8.12. The number of hydrogen-bond donors (Lipinski definition) is 1. The molecule has 0 aromatic carbocycles. The smallest absolute Gasteiger partial charge is 0.00747 e. The summed E-state index contributed by atoms with van der Waals surface area (Å²) in [6, 6.07) is 0. The van der Waals surface area contributed by atoms with Crippen molar-refractivity contribution in [3.63, 3.8) is 0 Å². The first-order chi connectivity index (χ1) is 5.31. The summed E-state index contributed by atoms with van der Waals surface area (Å²) in [7, 11) is 0. The van der Waals surface area contributed by atoms with E-state index in [4.69, 9.17) is 5.73 Å². The normalized spacial score (nSPS) is 13.4. The van der Waals surface area contributed by atoms with Gasteiger partial charge in [-0.15, -0.1) is 0 Å². The zero-order valence-corrected chi connectivity index (χ0v) is 8.10. The van der Waals surface area contributed by atoms with Crippen LogP contribution in [0.4, 0.5) is 0 Å². The van der Waals surface area contributed by atoms with Gasteiger partial charge in [-0.2, -0.15) is 0 Å². The van der Waals surface area contributed by atoms with E-state index >= 15 is 0 Å². The Kier molecular flexibility index (Phi) is 8.03. The molecule has 0 aliphatic heterocycles. The second-order valence-electron chi connectivity index (χ2n) is 3.53. The third-order valence-corrected chi connectivity index (χ3v) is 2.21. The van der Waals surface area contributed by atoms with E-state index in [1.165, 1.54) is 38.5 Å². The van der Waals surface area contributed by atoms with Gasteiger partial charge in [-0.1, -0.05) is 46.0 Å². The van der Waals surface area contributed by atoms with E-state index in [0.29, 0.717) is 0 Å². The van der Waals surface area contributed by atoms with Gasteiger partial charge in [-0.05, 0) is 18.9 Å². The molecule has 0 aliphatic rings. The Balaban J connectivity index is 2.97. The van der Waals surface area contributed by atoms with Crippen LogP contribution in [0.1, 0.15) is 52.4 Å². The number of rotatable bonds is 7. The van der Waals surface area contributed by atoms with Crippen molar-refractivity contribution in [2.24, 2.45) is 11.7 Å². The zero-order valence-electron chi connectivity index (χ0n) is 8.10. The Bertz CT molecular complexity index is 71.3. The summed E-state index contributed by atoms with van der Waals surface area (Å²) in [6.45, 7) is 5.41. The van der Waals surface area contributed by atoms with Gasteiger partial charge in [0.1, 0.15) is 0 Å². The Labute approximate surface area is 71.4 Å². The molecule has 2 N–H and O–H groups in total. The van der Waals surface area contributed by atoms with Gasteiger partial charge in [-0.3, -0.25) is 0 Å². The molecule has 0 aromatic rings. The first-order valence-corrected chi connectivity index (χ1v) is 5.01. The minimum atomic E-state index is 0.844. The lowest BCUT2D eigenvalue weighted by atomic mass is 10.00. The van der Waals surface area contributed by atoms with E-state index in [2.05, 4.69) is 13.8 Å². The van der Waals surface area contributed by atoms with Crippen molar-refractivity contribution in [1.29, 1.82) is 0 Å². The maximum atomic E-state index is 5.46. The molecule has 0 saturated heterocycles. The molecular weight excluding hydrogens is 134 g/mol. The van der Waals surface area contributed by atoms with Gasteiger partial charge in [0.2, 0.25) is 0 Å². The molecule has 0 fully saturated rings. The second kappa shape index (κ2) is 8.06. The first-order valence-electron chi connectivity index (χ1n) is 5.01. The minimum Gasteiger partial charge on any atom is -0.330 e. The SMILES string of the molecule is CCCCCCC(C)CCN. The lowest BCUT2D eigenvalue weighted by Gasteiger charge is -2.08. The molecule has 0 saturated carbocycles. The number of hydrogen-bond acceptors (Lipinski definition) is 1. The van der Waals surface area contributed by atoms with Crippen LogP contribution in [0.25, 0.3) is 0 Å². The molecule has 1 heteroatoms. The summed E-state index contributed by atoms with van der Waals surface area (Å²) in [5.41, 5.74) is 5.46. The third kappa shape index (κ3) is 7.86. The Hall–Kier alpha value is -0.0400. The lowest BCUT2D eigenvalue weighted by molar-refractivity contribution is 0.465. The molecule has 0 heterocycles. The molecule has 0 radical (unpaired) electrons. The van der Waals surface area contributed by atoms with Crippen LogP contribution in [0.3, 0.4) is 0 Å². The molecule has 1 atom stereocenters. The van der Waals surface area contributed by atoms with Crippen LogP contribution >= 0.6 is 0 Å². The zero-order chi connectivity index (χ0) is 8.53. The third-order valence-electron chi connectivity index (χ3n) is 2.21. The van der Waals surface area contributed by atoms with Gasteiger partial charge in [0, 0.05) is 0 Å². The fourth-order valence-corrected chi connectivity index (χ4v) is 1.35. The van der Waals surface area contributed by atoms with Crippen LogP contribution in [0.2, 0.25) is 0 Å². The standard InChI is InChI=1S/C10H23N/c1-3-4-5-6-7-10(2)8-9-11/h10H,3-9,11H2,1-2H3. The Morgan fingerprint density at radius 2 is 1.82 bits per heavy atom. The summed E-state index contributed by atoms with van der Waals surface area (Å²) in [5.74, 6) is 0.844. The molecule has 0 spiro atoms.